The number of nitrogens with zero attached hydrogens (tertiary/aromatic N) is 1. The van der Waals surface area contributed by atoms with Crippen LogP contribution in [0.4, 0.5) is 0 Å². The zero-order chi connectivity index (χ0) is 9.56. The summed E-state index contributed by atoms with van der Waals surface area (Å²) < 4.78 is 0. The zero-order valence-corrected chi connectivity index (χ0v) is 8.13. The van der Waals surface area contributed by atoms with Crippen LogP contribution < -0.4 is 11.3 Å². The topological polar surface area (TPSA) is 58.4 Å². The Morgan fingerprint density at radius 3 is 2.33 bits per heavy atom. The van der Waals surface area contributed by atoms with Crippen LogP contribution in [0, 0.1) is 5.92 Å². The SMILES string of the molecule is CCN(CC)CC(C)C(=O)NN. The van der Waals surface area contributed by atoms with Crippen molar-refractivity contribution in [3.05, 3.63) is 0 Å². The van der Waals surface area contributed by atoms with Crippen LogP contribution in [0.25, 0.3) is 0 Å². The summed E-state index contributed by atoms with van der Waals surface area (Å²) in [5, 5.41) is 0. The summed E-state index contributed by atoms with van der Waals surface area (Å²) in [5.74, 6) is 4.89. The molecule has 12 heavy (non-hydrogen) atoms. The first-order valence-corrected chi connectivity index (χ1v) is 4.38. The Morgan fingerprint density at radius 1 is 1.50 bits per heavy atom. The molecule has 0 aliphatic heterocycles. The fourth-order valence-corrected chi connectivity index (χ4v) is 1.09. The summed E-state index contributed by atoms with van der Waals surface area (Å²) in [7, 11) is 0. The van der Waals surface area contributed by atoms with Gasteiger partial charge in [0.05, 0.1) is 0 Å². The molecule has 0 rings (SSSR count). The lowest BCUT2D eigenvalue weighted by Gasteiger charge is -2.21. The maximum absolute atomic E-state index is 11.0. The van der Waals surface area contributed by atoms with Crippen LogP contribution in [0.1, 0.15) is 20.8 Å². The van der Waals surface area contributed by atoms with E-state index in [9.17, 15) is 4.79 Å². The van der Waals surface area contributed by atoms with Crippen molar-refractivity contribution >= 4 is 5.91 Å². The molecule has 0 heterocycles. The third-order valence-electron chi connectivity index (χ3n) is 2.02. The lowest BCUT2D eigenvalue weighted by Crippen LogP contribution is -2.40. The van der Waals surface area contributed by atoms with E-state index in [1.807, 2.05) is 6.92 Å². The number of nitrogens with two attached hydrogens (primary N) is 1. The van der Waals surface area contributed by atoms with Gasteiger partial charge in [-0.05, 0) is 13.1 Å². The van der Waals surface area contributed by atoms with E-state index in [0.29, 0.717) is 0 Å². The minimum Gasteiger partial charge on any atom is -0.303 e. The van der Waals surface area contributed by atoms with Gasteiger partial charge in [-0.1, -0.05) is 20.8 Å². The first-order valence-electron chi connectivity index (χ1n) is 4.38. The molecule has 1 amide bonds. The molecular weight excluding hydrogens is 154 g/mol. The van der Waals surface area contributed by atoms with Gasteiger partial charge in [-0.3, -0.25) is 10.2 Å². The van der Waals surface area contributed by atoms with E-state index >= 15 is 0 Å². The van der Waals surface area contributed by atoms with Gasteiger partial charge in [0.25, 0.3) is 0 Å². The van der Waals surface area contributed by atoms with Gasteiger partial charge in [0.15, 0.2) is 0 Å². The number of carbonyl (C=O) groups is 1. The molecule has 0 aliphatic rings. The van der Waals surface area contributed by atoms with E-state index in [1.165, 1.54) is 0 Å². The van der Waals surface area contributed by atoms with Gasteiger partial charge in [0, 0.05) is 12.5 Å². The van der Waals surface area contributed by atoms with Gasteiger partial charge < -0.3 is 4.90 Å². The first-order chi connectivity index (χ1) is 5.65. The second-order valence-electron chi connectivity index (χ2n) is 2.90. The molecule has 0 aromatic carbocycles. The second kappa shape index (κ2) is 5.97. The molecule has 4 heteroatoms. The molecule has 0 aromatic heterocycles. The molecule has 0 saturated carbocycles. The number of carbonyl (C=O) groups excluding carboxylic acids is 1. The fraction of sp³-hybridized carbons (Fsp3) is 0.875. The van der Waals surface area contributed by atoms with E-state index < -0.39 is 0 Å². The molecule has 1 atom stereocenters. The number of hydrazine groups is 1. The van der Waals surface area contributed by atoms with Crippen molar-refractivity contribution in [2.24, 2.45) is 11.8 Å². The molecule has 0 bridgehead atoms. The van der Waals surface area contributed by atoms with Crippen molar-refractivity contribution in [3.8, 4) is 0 Å². The number of rotatable bonds is 5. The van der Waals surface area contributed by atoms with Crippen molar-refractivity contribution in [2.45, 2.75) is 20.8 Å². The van der Waals surface area contributed by atoms with Crippen LogP contribution in [0.5, 0.6) is 0 Å². The summed E-state index contributed by atoms with van der Waals surface area (Å²) in [6, 6.07) is 0. The number of amides is 1. The quantitative estimate of drug-likeness (QED) is 0.348. The van der Waals surface area contributed by atoms with Crippen molar-refractivity contribution < 1.29 is 4.79 Å². The van der Waals surface area contributed by atoms with E-state index in [0.717, 1.165) is 19.6 Å². The first kappa shape index (κ1) is 11.4. The summed E-state index contributed by atoms with van der Waals surface area (Å²) in [4.78, 5) is 13.2. The van der Waals surface area contributed by atoms with E-state index in [2.05, 4.69) is 24.2 Å². The van der Waals surface area contributed by atoms with Crippen molar-refractivity contribution in [2.75, 3.05) is 19.6 Å². The standard InChI is InChI=1S/C8H19N3O/c1-4-11(5-2)6-7(3)8(12)10-9/h7H,4-6,9H2,1-3H3,(H,10,12). The monoisotopic (exact) mass is 173 g/mol. The fourth-order valence-electron chi connectivity index (χ4n) is 1.09. The minimum absolute atomic E-state index is 0.0325. The van der Waals surface area contributed by atoms with Gasteiger partial charge in [-0.2, -0.15) is 0 Å². The summed E-state index contributed by atoms with van der Waals surface area (Å²) in [6.45, 7) is 8.75. The highest BCUT2D eigenvalue weighted by atomic mass is 16.2. The number of hydrogen-bond acceptors (Lipinski definition) is 3. The largest absolute Gasteiger partial charge is 0.303 e. The van der Waals surface area contributed by atoms with Gasteiger partial charge in [0.1, 0.15) is 0 Å². The maximum Gasteiger partial charge on any atom is 0.237 e. The Kier molecular flexibility index (Phi) is 5.66. The normalized spacial score (nSPS) is 13.1. The Bertz CT molecular complexity index is 134. The van der Waals surface area contributed by atoms with Gasteiger partial charge >= 0.3 is 0 Å². The van der Waals surface area contributed by atoms with Crippen LogP contribution >= 0.6 is 0 Å². The Labute approximate surface area is 74.1 Å². The van der Waals surface area contributed by atoms with Crippen LogP contribution in [-0.4, -0.2) is 30.4 Å². The minimum atomic E-state index is -0.0955. The second-order valence-corrected chi connectivity index (χ2v) is 2.90. The van der Waals surface area contributed by atoms with Gasteiger partial charge in [-0.25, -0.2) is 5.84 Å². The molecule has 0 spiro atoms. The maximum atomic E-state index is 11.0. The van der Waals surface area contributed by atoms with E-state index in [-0.39, 0.29) is 11.8 Å². The predicted molar refractivity (Wildman–Crippen MR) is 49.3 cm³/mol. The van der Waals surface area contributed by atoms with Crippen LogP contribution in [-0.2, 0) is 4.79 Å². The molecule has 3 N–H and O–H groups in total. The average Bonchev–Trinajstić information content (AvgIpc) is 2.12. The highest BCUT2D eigenvalue weighted by Crippen LogP contribution is 1.98. The van der Waals surface area contributed by atoms with E-state index in [1.54, 1.807) is 0 Å². The van der Waals surface area contributed by atoms with Gasteiger partial charge in [0.2, 0.25) is 5.91 Å². The Balaban J connectivity index is 3.80. The summed E-state index contributed by atoms with van der Waals surface area (Å²) >= 11 is 0. The average molecular weight is 173 g/mol. The third kappa shape index (κ3) is 3.69. The molecular formula is C8H19N3O. The molecule has 72 valence electrons. The lowest BCUT2D eigenvalue weighted by molar-refractivity contribution is -0.125. The highest BCUT2D eigenvalue weighted by Gasteiger charge is 2.13. The molecule has 0 aromatic rings. The van der Waals surface area contributed by atoms with E-state index in [4.69, 9.17) is 5.84 Å². The van der Waals surface area contributed by atoms with Crippen molar-refractivity contribution in [3.63, 3.8) is 0 Å². The number of hydrogen-bond donors (Lipinski definition) is 2. The lowest BCUT2D eigenvalue weighted by atomic mass is 10.1. The zero-order valence-electron chi connectivity index (χ0n) is 8.13. The van der Waals surface area contributed by atoms with Crippen LogP contribution in [0.15, 0.2) is 0 Å². The third-order valence-corrected chi connectivity index (χ3v) is 2.02. The molecule has 1 unspecified atom stereocenters. The highest BCUT2D eigenvalue weighted by molar-refractivity contribution is 5.77. The van der Waals surface area contributed by atoms with Crippen LogP contribution in [0.2, 0.25) is 0 Å². The smallest absolute Gasteiger partial charge is 0.237 e. The molecule has 0 saturated heterocycles. The van der Waals surface area contributed by atoms with Crippen molar-refractivity contribution in [1.29, 1.82) is 0 Å². The predicted octanol–water partition coefficient (Wildman–Crippen LogP) is -0.0458. The molecule has 0 radical (unpaired) electrons. The summed E-state index contributed by atoms with van der Waals surface area (Å²) in [6.07, 6.45) is 0. The van der Waals surface area contributed by atoms with Crippen molar-refractivity contribution in [1.82, 2.24) is 10.3 Å². The molecule has 0 aliphatic carbocycles. The molecule has 4 nitrogen and oxygen atoms in total. The van der Waals surface area contributed by atoms with Crippen LogP contribution in [0.3, 0.4) is 0 Å². The molecule has 0 fully saturated rings. The Morgan fingerprint density at radius 2 is 2.00 bits per heavy atom. The number of nitrogens with one attached hydrogen (secondary N) is 1. The van der Waals surface area contributed by atoms with Gasteiger partial charge in [-0.15, -0.1) is 0 Å². The Hall–Kier alpha value is -0.610. The summed E-state index contributed by atoms with van der Waals surface area (Å²) in [5.41, 5.74) is 2.15.